The average Bonchev–Trinajstić information content (AvgIpc) is 2.16. The molecule has 72 valence electrons. The molecule has 0 aliphatic carbocycles. The van der Waals surface area contributed by atoms with Gasteiger partial charge in [0.05, 0.1) is 5.38 Å². The molecule has 0 saturated carbocycles. The van der Waals surface area contributed by atoms with Gasteiger partial charge < -0.3 is 0 Å². The Bertz CT molecular complexity index is 248. The minimum absolute atomic E-state index is 0.0299. The largest absolute Gasteiger partial charge is 0.125 e. The van der Waals surface area contributed by atoms with Crippen molar-refractivity contribution in [2.45, 2.75) is 10.3 Å². The molecule has 0 amide bonds. The van der Waals surface area contributed by atoms with Gasteiger partial charge in [-0.2, -0.15) is 0 Å². The number of rotatable bonds is 4. The van der Waals surface area contributed by atoms with Crippen LogP contribution in [0.3, 0.4) is 0 Å². The van der Waals surface area contributed by atoms with Crippen LogP contribution >= 0.6 is 46.6 Å². The maximum Gasteiger partial charge on any atom is 0.0565 e. The highest BCUT2D eigenvalue weighted by atomic mass is 35.5. The lowest BCUT2D eigenvalue weighted by atomic mass is 10.4. The van der Waals surface area contributed by atoms with E-state index in [4.69, 9.17) is 34.8 Å². The molecule has 0 heterocycles. The second kappa shape index (κ2) is 6.02. The van der Waals surface area contributed by atoms with Crippen molar-refractivity contribution in [3.05, 3.63) is 29.3 Å². The Morgan fingerprint density at radius 1 is 1.23 bits per heavy atom. The first-order chi connectivity index (χ1) is 6.22. The Hall–Kier alpha value is 0.440. The molecule has 0 saturated heterocycles. The van der Waals surface area contributed by atoms with Gasteiger partial charge in [-0.05, 0) is 24.3 Å². The van der Waals surface area contributed by atoms with E-state index in [0.29, 0.717) is 5.88 Å². The van der Waals surface area contributed by atoms with Gasteiger partial charge in [0, 0.05) is 21.6 Å². The van der Waals surface area contributed by atoms with E-state index in [-0.39, 0.29) is 5.38 Å². The quantitative estimate of drug-likeness (QED) is 0.572. The zero-order valence-corrected chi connectivity index (χ0v) is 9.93. The van der Waals surface area contributed by atoms with E-state index in [1.807, 2.05) is 24.3 Å². The van der Waals surface area contributed by atoms with Crippen molar-refractivity contribution in [2.24, 2.45) is 0 Å². The number of alkyl halides is 2. The van der Waals surface area contributed by atoms with Crippen LogP contribution in [0.25, 0.3) is 0 Å². The van der Waals surface area contributed by atoms with E-state index in [9.17, 15) is 0 Å². The molecule has 4 heteroatoms. The summed E-state index contributed by atoms with van der Waals surface area (Å²) in [6, 6.07) is 7.69. The minimum atomic E-state index is 0.0299. The molecule has 0 radical (unpaired) electrons. The Morgan fingerprint density at radius 2 is 1.85 bits per heavy atom. The van der Waals surface area contributed by atoms with Gasteiger partial charge in [-0.1, -0.05) is 11.6 Å². The predicted octanol–water partition coefficient (Wildman–Crippen LogP) is 4.28. The normalized spacial score (nSPS) is 12.8. The maximum absolute atomic E-state index is 5.87. The van der Waals surface area contributed by atoms with Crippen molar-refractivity contribution in [1.29, 1.82) is 0 Å². The van der Waals surface area contributed by atoms with Crippen LogP contribution in [0.4, 0.5) is 0 Å². The predicted molar refractivity (Wildman–Crippen MR) is 62.5 cm³/mol. The van der Waals surface area contributed by atoms with Gasteiger partial charge in [0.1, 0.15) is 0 Å². The van der Waals surface area contributed by atoms with Crippen molar-refractivity contribution in [2.75, 3.05) is 11.6 Å². The third kappa shape index (κ3) is 4.46. The summed E-state index contributed by atoms with van der Waals surface area (Å²) in [4.78, 5) is 1.17. The topological polar surface area (TPSA) is 0 Å². The zero-order valence-electron chi connectivity index (χ0n) is 6.84. The summed E-state index contributed by atoms with van der Waals surface area (Å²) in [6.07, 6.45) is 0. The molecule has 1 rings (SSSR count). The van der Waals surface area contributed by atoms with Crippen molar-refractivity contribution in [3.63, 3.8) is 0 Å². The van der Waals surface area contributed by atoms with E-state index >= 15 is 0 Å². The van der Waals surface area contributed by atoms with Crippen LogP contribution in [-0.2, 0) is 0 Å². The fourth-order valence-electron chi connectivity index (χ4n) is 0.762. The van der Waals surface area contributed by atoms with Crippen molar-refractivity contribution >= 4 is 46.6 Å². The molecule has 0 spiro atoms. The molecule has 0 aliphatic rings. The molecule has 0 nitrogen and oxygen atoms in total. The molecule has 1 aromatic carbocycles. The average molecular weight is 256 g/mol. The molecule has 13 heavy (non-hydrogen) atoms. The molecule has 0 aliphatic heterocycles. The summed E-state index contributed by atoms with van der Waals surface area (Å²) in [5.41, 5.74) is 0. The Kier molecular flexibility index (Phi) is 5.34. The van der Waals surface area contributed by atoms with Gasteiger partial charge in [0.25, 0.3) is 0 Å². The number of hydrogen-bond acceptors (Lipinski definition) is 1. The highest BCUT2D eigenvalue weighted by Gasteiger charge is 2.02. The standard InChI is InChI=1S/C9H9Cl3S/c10-5-8(12)6-13-9-3-1-7(11)2-4-9/h1-4,8H,5-6H2. The first-order valence-electron chi connectivity index (χ1n) is 3.81. The zero-order chi connectivity index (χ0) is 9.68. The fourth-order valence-corrected chi connectivity index (χ4v) is 2.14. The monoisotopic (exact) mass is 254 g/mol. The van der Waals surface area contributed by atoms with Crippen LogP contribution in [0, 0.1) is 0 Å². The van der Waals surface area contributed by atoms with Gasteiger partial charge in [-0.25, -0.2) is 0 Å². The second-order valence-corrected chi connectivity index (χ2v) is 4.97. The number of hydrogen-bond donors (Lipinski definition) is 0. The lowest BCUT2D eigenvalue weighted by molar-refractivity contribution is 1.12. The Labute approximate surface area is 97.6 Å². The van der Waals surface area contributed by atoms with Crippen molar-refractivity contribution in [1.82, 2.24) is 0 Å². The van der Waals surface area contributed by atoms with Gasteiger partial charge in [-0.3, -0.25) is 0 Å². The molecule has 0 N–H and O–H groups in total. The molecule has 0 bridgehead atoms. The van der Waals surface area contributed by atoms with Crippen molar-refractivity contribution < 1.29 is 0 Å². The summed E-state index contributed by atoms with van der Waals surface area (Å²) in [5.74, 6) is 1.31. The third-order valence-corrected chi connectivity index (χ3v) is 3.86. The molecular weight excluding hydrogens is 247 g/mol. The number of benzene rings is 1. The highest BCUT2D eigenvalue weighted by molar-refractivity contribution is 7.99. The summed E-state index contributed by atoms with van der Waals surface area (Å²) in [7, 11) is 0. The van der Waals surface area contributed by atoms with Crippen LogP contribution in [0.2, 0.25) is 5.02 Å². The maximum atomic E-state index is 5.87. The highest BCUT2D eigenvalue weighted by Crippen LogP contribution is 2.22. The van der Waals surface area contributed by atoms with Crippen molar-refractivity contribution in [3.8, 4) is 0 Å². The van der Waals surface area contributed by atoms with Gasteiger partial charge in [0.15, 0.2) is 0 Å². The molecule has 1 aromatic rings. The first kappa shape index (κ1) is 11.5. The molecular formula is C9H9Cl3S. The number of halogens is 3. The summed E-state index contributed by atoms with van der Waals surface area (Å²) >= 11 is 18.9. The van der Waals surface area contributed by atoms with Gasteiger partial charge in [-0.15, -0.1) is 35.0 Å². The lowest BCUT2D eigenvalue weighted by Gasteiger charge is -2.04. The van der Waals surface area contributed by atoms with Crippen LogP contribution in [0.5, 0.6) is 0 Å². The Balaban J connectivity index is 2.41. The lowest BCUT2D eigenvalue weighted by Crippen LogP contribution is -2.02. The second-order valence-electron chi connectivity index (χ2n) is 2.52. The van der Waals surface area contributed by atoms with Gasteiger partial charge >= 0.3 is 0 Å². The molecule has 1 atom stereocenters. The fraction of sp³-hybridized carbons (Fsp3) is 0.333. The number of thioether (sulfide) groups is 1. The molecule has 0 fully saturated rings. The minimum Gasteiger partial charge on any atom is -0.125 e. The SMILES string of the molecule is ClCC(Cl)CSc1ccc(Cl)cc1. The van der Waals surface area contributed by atoms with Crippen LogP contribution in [0.1, 0.15) is 0 Å². The van der Waals surface area contributed by atoms with E-state index in [2.05, 4.69) is 0 Å². The summed E-state index contributed by atoms with van der Waals surface area (Å²) in [6.45, 7) is 0. The van der Waals surface area contributed by atoms with Crippen LogP contribution in [0.15, 0.2) is 29.2 Å². The molecule has 0 aromatic heterocycles. The first-order valence-corrected chi connectivity index (χ1v) is 6.14. The van der Waals surface area contributed by atoms with E-state index in [1.165, 1.54) is 4.90 Å². The van der Waals surface area contributed by atoms with E-state index < -0.39 is 0 Å². The smallest absolute Gasteiger partial charge is 0.0565 e. The summed E-state index contributed by atoms with van der Waals surface area (Å²) in [5, 5.41) is 0.784. The van der Waals surface area contributed by atoms with Crippen LogP contribution in [-0.4, -0.2) is 17.0 Å². The third-order valence-electron chi connectivity index (χ3n) is 1.41. The van der Waals surface area contributed by atoms with Crippen LogP contribution < -0.4 is 0 Å². The molecule has 1 unspecified atom stereocenters. The van der Waals surface area contributed by atoms with E-state index in [1.54, 1.807) is 11.8 Å². The summed E-state index contributed by atoms with van der Waals surface area (Å²) < 4.78 is 0. The van der Waals surface area contributed by atoms with E-state index in [0.717, 1.165) is 10.8 Å². The Morgan fingerprint density at radius 3 is 2.38 bits per heavy atom. The van der Waals surface area contributed by atoms with Gasteiger partial charge in [0.2, 0.25) is 0 Å².